The maximum absolute atomic E-state index is 12.8. The lowest BCUT2D eigenvalue weighted by Gasteiger charge is -2.42. The highest BCUT2D eigenvalue weighted by molar-refractivity contribution is 6.14. The quantitative estimate of drug-likeness (QED) is 0.889. The highest BCUT2D eigenvalue weighted by Crippen LogP contribution is 2.36. The summed E-state index contributed by atoms with van der Waals surface area (Å²) in [6.07, 6.45) is 3.14. The third-order valence-electron chi connectivity index (χ3n) is 5.07. The molecule has 6 nitrogen and oxygen atoms in total. The molecule has 1 amide bonds. The molecule has 0 bridgehead atoms. The molecule has 1 aromatic rings. The minimum atomic E-state index is -0.477. The van der Waals surface area contributed by atoms with Crippen LogP contribution in [0.2, 0.25) is 0 Å². The molecule has 0 aromatic heterocycles. The van der Waals surface area contributed by atoms with Crippen LogP contribution in [0.5, 0.6) is 0 Å². The summed E-state index contributed by atoms with van der Waals surface area (Å²) >= 11 is 0. The monoisotopic (exact) mass is 325 g/mol. The molecule has 3 aliphatic heterocycles. The second kappa shape index (κ2) is 5.63. The van der Waals surface area contributed by atoms with E-state index >= 15 is 0 Å². The van der Waals surface area contributed by atoms with E-state index in [1.54, 1.807) is 0 Å². The van der Waals surface area contributed by atoms with Crippen molar-refractivity contribution in [3.63, 3.8) is 0 Å². The molecule has 126 valence electrons. The number of nitrogens with one attached hydrogen (secondary N) is 2. The largest absolute Gasteiger partial charge is 0.350 e. The Hall–Kier alpha value is -2.34. The van der Waals surface area contributed by atoms with E-state index in [1.807, 2.05) is 35.3 Å². The number of carbonyl (C=O) groups is 1. The van der Waals surface area contributed by atoms with Gasteiger partial charge in [-0.3, -0.25) is 9.69 Å². The number of carbonyl (C=O) groups excluding carboxylic acids is 1. The number of hydrogen-bond donors (Lipinski definition) is 2. The first-order valence-electron chi connectivity index (χ1n) is 8.65. The van der Waals surface area contributed by atoms with E-state index in [1.165, 1.54) is 12.8 Å². The van der Waals surface area contributed by atoms with Crippen molar-refractivity contribution >= 4 is 11.7 Å². The van der Waals surface area contributed by atoms with Crippen molar-refractivity contribution in [3.8, 4) is 0 Å². The topological polar surface area (TPSA) is 60.0 Å². The molecule has 0 spiro atoms. The molecule has 2 N–H and O–H groups in total. The van der Waals surface area contributed by atoms with Gasteiger partial charge in [-0.1, -0.05) is 37.3 Å². The second-order valence-electron chi connectivity index (χ2n) is 6.60. The Morgan fingerprint density at radius 3 is 2.58 bits per heavy atom. The zero-order valence-electron chi connectivity index (χ0n) is 14.2. The molecule has 3 aliphatic rings. The minimum Gasteiger partial charge on any atom is -0.350 e. The molecule has 6 heteroatoms. The van der Waals surface area contributed by atoms with Gasteiger partial charge in [-0.05, 0) is 26.2 Å². The molecule has 1 aromatic carbocycles. The van der Waals surface area contributed by atoms with E-state index in [0.29, 0.717) is 11.5 Å². The molecule has 3 heterocycles. The van der Waals surface area contributed by atoms with Gasteiger partial charge >= 0.3 is 0 Å². The van der Waals surface area contributed by atoms with Crippen molar-refractivity contribution in [1.29, 1.82) is 0 Å². The number of nitrogens with zero attached hydrogens (tertiary/aromatic N) is 3. The highest BCUT2D eigenvalue weighted by Gasteiger charge is 2.50. The van der Waals surface area contributed by atoms with E-state index in [2.05, 4.69) is 29.4 Å². The minimum absolute atomic E-state index is 0.0869. The smallest absolute Gasteiger partial charge is 0.277 e. The number of amides is 1. The van der Waals surface area contributed by atoms with Crippen LogP contribution in [-0.2, 0) is 4.79 Å². The molecule has 4 rings (SSSR count). The Morgan fingerprint density at radius 2 is 1.92 bits per heavy atom. The molecular formula is C18H23N5O. The number of hydrazone groups is 1. The Labute approximate surface area is 142 Å². The third-order valence-corrected chi connectivity index (χ3v) is 5.07. The fourth-order valence-electron chi connectivity index (χ4n) is 3.76. The van der Waals surface area contributed by atoms with Crippen LogP contribution in [0, 0.1) is 0 Å². The molecule has 1 saturated heterocycles. The molecule has 0 aliphatic carbocycles. The van der Waals surface area contributed by atoms with Gasteiger partial charge in [-0.15, -0.1) is 0 Å². The predicted octanol–water partition coefficient (Wildman–Crippen LogP) is 1.77. The first kappa shape index (κ1) is 15.2. The van der Waals surface area contributed by atoms with E-state index in [4.69, 9.17) is 5.10 Å². The Bertz CT molecular complexity index is 720. The predicted molar refractivity (Wildman–Crippen MR) is 92.6 cm³/mol. The average Bonchev–Trinajstić information content (AvgIpc) is 3.23. The van der Waals surface area contributed by atoms with Crippen LogP contribution in [0.3, 0.4) is 0 Å². The number of rotatable bonds is 3. The van der Waals surface area contributed by atoms with Gasteiger partial charge in [0, 0.05) is 24.4 Å². The summed E-state index contributed by atoms with van der Waals surface area (Å²) in [6, 6.07) is 9.79. The molecule has 1 unspecified atom stereocenters. The number of allylic oxidation sites excluding steroid dienone is 1. The Kier molecular flexibility index (Phi) is 3.57. The van der Waals surface area contributed by atoms with Crippen LogP contribution >= 0.6 is 0 Å². The van der Waals surface area contributed by atoms with Gasteiger partial charge in [-0.25, -0.2) is 5.01 Å². The van der Waals surface area contributed by atoms with Gasteiger partial charge < -0.3 is 10.6 Å². The summed E-state index contributed by atoms with van der Waals surface area (Å²) in [5.41, 5.74) is 2.52. The summed E-state index contributed by atoms with van der Waals surface area (Å²) in [5, 5.41) is 13.2. The van der Waals surface area contributed by atoms with Gasteiger partial charge in [0.2, 0.25) is 0 Å². The zero-order chi connectivity index (χ0) is 16.7. The van der Waals surface area contributed by atoms with Crippen LogP contribution in [0.15, 0.2) is 46.8 Å². The number of amidine groups is 1. The Morgan fingerprint density at radius 1 is 1.21 bits per heavy atom. The lowest BCUT2D eigenvalue weighted by atomic mass is 10.2. The number of hydrogen-bond acceptors (Lipinski definition) is 5. The maximum Gasteiger partial charge on any atom is 0.277 e. The van der Waals surface area contributed by atoms with Gasteiger partial charge in [0.15, 0.2) is 11.6 Å². The van der Waals surface area contributed by atoms with Crippen molar-refractivity contribution in [2.45, 2.75) is 38.9 Å². The van der Waals surface area contributed by atoms with E-state index < -0.39 is 5.79 Å². The molecule has 0 radical (unpaired) electrons. The fourth-order valence-corrected chi connectivity index (χ4v) is 3.76. The molecule has 24 heavy (non-hydrogen) atoms. The van der Waals surface area contributed by atoms with E-state index in [9.17, 15) is 4.79 Å². The van der Waals surface area contributed by atoms with Crippen molar-refractivity contribution in [3.05, 3.63) is 47.3 Å². The van der Waals surface area contributed by atoms with Crippen molar-refractivity contribution in [1.82, 2.24) is 20.5 Å². The Balaban J connectivity index is 1.79. The van der Waals surface area contributed by atoms with Gasteiger partial charge in [-0.2, -0.15) is 5.10 Å². The molecule has 1 atom stereocenters. The molecular weight excluding hydrogens is 302 g/mol. The van der Waals surface area contributed by atoms with Crippen LogP contribution in [-0.4, -0.2) is 40.5 Å². The van der Waals surface area contributed by atoms with Crippen LogP contribution in [0.1, 0.15) is 38.7 Å². The van der Waals surface area contributed by atoms with Crippen LogP contribution < -0.4 is 10.6 Å². The summed E-state index contributed by atoms with van der Waals surface area (Å²) in [5.74, 6) is 0.0413. The first-order valence-corrected chi connectivity index (χ1v) is 8.65. The van der Waals surface area contributed by atoms with Crippen molar-refractivity contribution in [2.24, 2.45) is 5.10 Å². The number of fused-ring (bicyclic) bond motifs is 1. The van der Waals surface area contributed by atoms with E-state index in [0.717, 1.165) is 30.8 Å². The van der Waals surface area contributed by atoms with Crippen molar-refractivity contribution in [2.75, 3.05) is 13.1 Å². The number of benzene rings is 1. The third kappa shape index (κ3) is 2.21. The molecule has 0 saturated carbocycles. The van der Waals surface area contributed by atoms with E-state index in [-0.39, 0.29) is 5.91 Å². The van der Waals surface area contributed by atoms with Crippen LogP contribution in [0.25, 0.3) is 0 Å². The maximum atomic E-state index is 12.8. The normalized spacial score (nSPS) is 27.0. The molecule has 1 fully saturated rings. The average molecular weight is 325 g/mol. The highest BCUT2D eigenvalue weighted by atomic mass is 16.2. The van der Waals surface area contributed by atoms with Crippen molar-refractivity contribution < 1.29 is 4.79 Å². The van der Waals surface area contributed by atoms with Crippen LogP contribution in [0.4, 0.5) is 0 Å². The standard InChI is InChI=1S/C18H23N5O/c1-3-14-15-17(24)19-16(13-9-5-4-6-10-13)21-23(15)18(2,20-14)22-11-7-8-12-22/h4-6,9-10,20H,3,7-8,11-12H2,1-2H3,(H,19,21,24). The van der Waals surface area contributed by atoms with Gasteiger partial charge in [0.05, 0.1) is 0 Å². The zero-order valence-corrected chi connectivity index (χ0v) is 14.2. The first-order chi connectivity index (χ1) is 11.6. The SMILES string of the molecule is CCC1=C2C(=O)NC(c3ccccc3)=NN2C(C)(N2CCCC2)N1. The van der Waals surface area contributed by atoms with Gasteiger partial charge in [0.1, 0.15) is 5.70 Å². The lowest BCUT2D eigenvalue weighted by molar-refractivity contribution is -0.120. The fraction of sp³-hybridized carbons (Fsp3) is 0.444. The summed E-state index contributed by atoms with van der Waals surface area (Å²) in [6.45, 7) is 6.21. The number of likely N-dealkylation sites (tertiary alicyclic amines) is 1. The summed E-state index contributed by atoms with van der Waals surface area (Å²) in [4.78, 5) is 15.2. The summed E-state index contributed by atoms with van der Waals surface area (Å²) < 4.78 is 0. The van der Waals surface area contributed by atoms with Gasteiger partial charge in [0.25, 0.3) is 5.91 Å². The second-order valence-corrected chi connectivity index (χ2v) is 6.60. The lowest BCUT2D eigenvalue weighted by Crippen LogP contribution is -2.62. The summed E-state index contributed by atoms with van der Waals surface area (Å²) in [7, 11) is 0.